The van der Waals surface area contributed by atoms with Crippen LogP contribution in [0, 0.1) is 0 Å². The van der Waals surface area contributed by atoms with Gasteiger partial charge >= 0.3 is 5.97 Å². The lowest BCUT2D eigenvalue weighted by Crippen LogP contribution is -2.47. The Kier molecular flexibility index (Phi) is 54.0. The quantitative estimate of drug-likeness (QED) is 0.0212. The predicted octanol–water partition coefficient (Wildman–Crippen LogP) is 18.9. The van der Waals surface area contributed by atoms with Crippen LogP contribution >= 0.6 is 7.82 Å². The number of hydrogen-bond acceptors (Lipinski definition) is 7. The summed E-state index contributed by atoms with van der Waals surface area (Å²) in [6.45, 7) is 6.68. The number of carbonyl (C=O) groups is 2. The van der Waals surface area contributed by atoms with Gasteiger partial charge in [0.15, 0.2) is 0 Å². The highest BCUT2D eigenvalue weighted by atomic mass is 31.2. The van der Waals surface area contributed by atoms with Crippen molar-refractivity contribution in [1.29, 1.82) is 0 Å². The number of unbranched alkanes of at least 4 members (excludes halogenated alkanes) is 26. The van der Waals surface area contributed by atoms with Gasteiger partial charge in [-0.25, -0.2) is 0 Å². The van der Waals surface area contributed by atoms with Crippen LogP contribution in [0.1, 0.15) is 265 Å². The van der Waals surface area contributed by atoms with Crippen LogP contribution in [0.15, 0.2) is 97.2 Å². The average molecular weight is 1100 g/mol. The first kappa shape index (κ1) is 73.9. The van der Waals surface area contributed by atoms with Crippen molar-refractivity contribution in [3.63, 3.8) is 0 Å². The Morgan fingerprint density at radius 1 is 0.468 bits per heavy atom. The molecule has 0 aliphatic heterocycles. The zero-order valence-electron chi connectivity index (χ0n) is 50.6. The van der Waals surface area contributed by atoms with Crippen LogP contribution in [-0.4, -0.2) is 69.4 Å². The Hall–Kier alpha value is -3.07. The summed E-state index contributed by atoms with van der Waals surface area (Å²) in [5.41, 5.74) is 0. The molecule has 444 valence electrons. The number of phosphoric ester groups is 1. The molecule has 1 N–H and O–H groups in total. The van der Waals surface area contributed by atoms with E-state index in [2.05, 4.69) is 111 Å². The van der Waals surface area contributed by atoms with Crippen molar-refractivity contribution in [3.05, 3.63) is 97.2 Å². The van der Waals surface area contributed by atoms with Gasteiger partial charge in [-0.3, -0.25) is 14.2 Å². The molecule has 0 spiro atoms. The van der Waals surface area contributed by atoms with Crippen LogP contribution in [0.25, 0.3) is 0 Å². The predicted molar refractivity (Wildman–Crippen MR) is 330 cm³/mol. The minimum absolute atomic E-state index is 0.0340. The van der Waals surface area contributed by atoms with E-state index in [-0.39, 0.29) is 31.3 Å². The normalized spacial score (nSPS) is 14.3. The third-order valence-corrected chi connectivity index (χ3v) is 14.5. The van der Waals surface area contributed by atoms with Gasteiger partial charge in [0, 0.05) is 12.8 Å². The fraction of sp³-hybridized carbons (Fsp3) is 0.731. The van der Waals surface area contributed by atoms with Crippen LogP contribution < -0.4 is 10.2 Å². The smallest absolute Gasteiger partial charge is 0.306 e. The summed E-state index contributed by atoms with van der Waals surface area (Å²) in [4.78, 5) is 40.0. The SMILES string of the molecule is CC/C=C\C/C=C\C/C=C\C/C=C\C/C=C\CCCCCC(=O)NC(COP(=O)([O-])OCC[N+](C)(C)C)C(/C=C/CCCCCCCCCCCCC)OC(=O)CCCCCCCCCCC/C=C\C/C=C\CCCCC. The first-order chi connectivity index (χ1) is 37.4. The Morgan fingerprint density at radius 3 is 1.29 bits per heavy atom. The van der Waals surface area contributed by atoms with Crippen molar-refractivity contribution in [3.8, 4) is 0 Å². The molecule has 3 atom stereocenters. The highest BCUT2D eigenvalue weighted by Gasteiger charge is 2.27. The summed E-state index contributed by atoms with van der Waals surface area (Å²) in [7, 11) is 1.15. The third-order valence-electron chi connectivity index (χ3n) is 13.5. The number of rotatable bonds is 56. The summed E-state index contributed by atoms with van der Waals surface area (Å²) >= 11 is 0. The van der Waals surface area contributed by atoms with E-state index in [1.807, 2.05) is 33.3 Å². The fourth-order valence-electron chi connectivity index (χ4n) is 8.64. The summed E-state index contributed by atoms with van der Waals surface area (Å²) < 4.78 is 30.3. The zero-order chi connectivity index (χ0) is 56.4. The van der Waals surface area contributed by atoms with Gasteiger partial charge in [0.25, 0.3) is 7.82 Å². The first-order valence-electron chi connectivity index (χ1n) is 31.5. The second-order valence-corrected chi connectivity index (χ2v) is 23.6. The van der Waals surface area contributed by atoms with Crippen LogP contribution in [0.5, 0.6) is 0 Å². The topological polar surface area (TPSA) is 114 Å². The number of esters is 1. The van der Waals surface area contributed by atoms with Crippen LogP contribution in [0.2, 0.25) is 0 Å². The van der Waals surface area contributed by atoms with Crippen molar-refractivity contribution >= 4 is 19.7 Å². The fourth-order valence-corrected chi connectivity index (χ4v) is 9.36. The van der Waals surface area contributed by atoms with Gasteiger partial charge in [-0.2, -0.15) is 0 Å². The van der Waals surface area contributed by atoms with Gasteiger partial charge in [-0.15, -0.1) is 0 Å². The van der Waals surface area contributed by atoms with E-state index < -0.39 is 26.6 Å². The van der Waals surface area contributed by atoms with E-state index in [1.54, 1.807) is 0 Å². The third kappa shape index (κ3) is 57.4. The molecule has 0 saturated carbocycles. The molecule has 0 aliphatic carbocycles. The van der Waals surface area contributed by atoms with E-state index in [0.29, 0.717) is 17.4 Å². The molecule has 0 aromatic carbocycles. The number of amides is 1. The highest BCUT2D eigenvalue weighted by Crippen LogP contribution is 2.38. The Bertz CT molecular complexity index is 1640. The minimum atomic E-state index is -4.72. The molecule has 0 heterocycles. The highest BCUT2D eigenvalue weighted by molar-refractivity contribution is 7.45. The Balaban J connectivity index is 5.35. The van der Waals surface area contributed by atoms with Gasteiger partial charge in [0.2, 0.25) is 5.91 Å². The molecule has 0 radical (unpaired) electrons. The Morgan fingerprint density at radius 2 is 0.831 bits per heavy atom. The molecule has 0 aromatic heterocycles. The largest absolute Gasteiger partial charge is 0.756 e. The van der Waals surface area contributed by atoms with E-state index in [0.717, 1.165) is 109 Å². The molecular weight excluding hydrogens is 976 g/mol. The standard InChI is InChI=1S/C67H119N2O7P/c1-7-10-13-16-19-22-25-28-30-32-34-36-38-41-44-47-50-53-56-59-66(70)68-64(63-75-77(72,73)74-62-61-69(4,5)6)65(58-55-52-49-46-43-40-27-24-21-18-15-12-9-3)76-67(71)60-57-54-51-48-45-42-39-37-35-33-31-29-26-23-20-17-14-11-8-2/h10,13,19-20,22-23,28-31,34,36,41,44,55,58,64-65H,7-9,11-12,14-18,21,24-27,32-33,35,37-40,42-43,45-54,56-57,59-63H2,1-6H3,(H-,68,70,72,73)/b13-10-,22-19-,23-20-,30-28-,31-29-,36-34-,44-41-,58-55+. The molecule has 0 aliphatic rings. The number of ether oxygens (including phenoxy) is 1. The second kappa shape index (κ2) is 56.2. The molecule has 0 bridgehead atoms. The van der Waals surface area contributed by atoms with Gasteiger partial charge in [0.05, 0.1) is 33.8 Å². The number of likely N-dealkylation sites (N-methyl/N-ethyl adjacent to an activating group) is 1. The van der Waals surface area contributed by atoms with Crippen molar-refractivity contribution in [2.24, 2.45) is 0 Å². The molecular formula is C67H119N2O7P. The maximum absolute atomic E-state index is 13.5. The van der Waals surface area contributed by atoms with Crippen molar-refractivity contribution in [2.45, 2.75) is 277 Å². The minimum Gasteiger partial charge on any atom is -0.756 e. The van der Waals surface area contributed by atoms with Crippen LogP contribution in [0.3, 0.4) is 0 Å². The number of quaternary nitrogens is 1. The summed E-state index contributed by atoms with van der Waals surface area (Å²) in [6.07, 6.45) is 75.1. The number of hydrogen-bond donors (Lipinski definition) is 1. The van der Waals surface area contributed by atoms with Gasteiger partial charge in [-0.1, -0.05) is 240 Å². The molecule has 0 rings (SSSR count). The Labute approximate surface area is 475 Å². The van der Waals surface area contributed by atoms with Gasteiger partial charge in [0.1, 0.15) is 19.3 Å². The van der Waals surface area contributed by atoms with E-state index in [4.69, 9.17) is 13.8 Å². The van der Waals surface area contributed by atoms with Crippen LogP contribution in [0.4, 0.5) is 0 Å². The molecule has 77 heavy (non-hydrogen) atoms. The first-order valence-corrected chi connectivity index (χ1v) is 33.0. The summed E-state index contributed by atoms with van der Waals surface area (Å²) in [6, 6.07) is -0.913. The molecule has 0 saturated heterocycles. The summed E-state index contributed by atoms with van der Waals surface area (Å²) in [5.74, 6) is -0.585. The lowest BCUT2D eigenvalue weighted by Gasteiger charge is -2.30. The monoisotopic (exact) mass is 1090 g/mol. The molecule has 1 amide bonds. The van der Waals surface area contributed by atoms with Gasteiger partial charge < -0.3 is 28.5 Å². The lowest BCUT2D eigenvalue weighted by molar-refractivity contribution is -0.870. The zero-order valence-corrected chi connectivity index (χ0v) is 51.5. The van der Waals surface area contributed by atoms with Gasteiger partial charge in [-0.05, 0) is 109 Å². The molecule has 9 nitrogen and oxygen atoms in total. The maximum atomic E-state index is 13.5. The van der Waals surface area contributed by atoms with E-state index >= 15 is 0 Å². The van der Waals surface area contributed by atoms with Crippen LogP contribution in [-0.2, 0) is 27.9 Å². The number of carbonyl (C=O) groups excluding carboxylic acids is 2. The van der Waals surface area contributed by atoms with E-state index in [1.165, 1.54) is 116 Å². The lowest BCUT2D eigenvalue weighted by atomic mass is 10.0. The average Bonchev–Trinajstić information content (AvgIpc) is 3.39. The molecule has 3 unspecified atom stereocenters. The molecule has 10 heteroatoms. The molecule has 0 aromatic rings. The number of allylic oxidation sites excluding steroid dienone is 15. The maximum Gasteiger partial charge on any atom is 0.306 e. The summed E-state index contributed by atoms with van der Waals surface area (Å²) in [5, 5.41) is 3.01. The van der Waals surface area contributed by atoms with E-state index in [9.17, 15) is 19.0 Å². The van der Waals surface area contributed by atoms with Crippen molar-refractivity contribution in [2.75, 3.05) is 40.9 Å². The molecule has 0 fully saturated rings. The van der Waals surface area contributed by atoms with Crippen molar-refractivity contribution < 1.29 is 37.3 Å². The van der Waals surface area contributed by atoms with Crippen molar-refractivity contribution in [1.82, 2.24) is 5.32 Å². The number of nitrogens with zero attached hydrogens (tertiary/aromatic N) is 1. The number of nitrogens with one attached hydrogen (secondary N) is 1. The second-order valence-electron chi connectivity index (χ2n) is 22.2. The number of phosphoric acid groups is 1.